The number of allylic oxidation sites excluding steroid dienone is 1. The summed E-state index contributed by atoms with van der Waals surface area (Å²) in [6.45, 7) is 2.10. The normalized spacial score (nSPS) is 21.6. The van der Waals surface area contributed by atoms with E-state index in [2.05, 4.69) is 38.1 Å². The van der Waals surface area contributed by atoms with Crippen molar-refractivity contribution in [1.82, 2.24) is 14.5 Å². The Balaban J connectivity index is 1.55. The largest absolute Gasteiger partial charge is 0.383 e. The maximum atomic E-state index is 14.1. The zero-order valence-electron chi connectivity index (χ0n) is 14.9. The third-order valence-corrected chi connectivity index (χ3v) is 7.09. The summed E-state index contributed by atoms with van der Waals surface area (Å²) < 4.78 is 16.3. The number of anilines is 1. The summed E-state index contributed by atoms with van der Waals surface area (Å²) in [7, 11) is -0.865. The highest BCUT2D eigenvalue weighted by atomic mass is 32.2. The minimum atomic E-state index is -0.865. The molecule has 27 heavy (non-hydrogen) atoms. The van der Waals surface area contributed by atoms with Crippen LogP contribution >= 0.6 is 10.9 Å². The predicted octanol–water partition coefficient (Wildman–Crippen LogP) is 4.53. The van der Waals surface area contributed by atoms with Crippen LogP contribution in [0.2, 0.25) is 0 Å². The number of hydrogen-bond donors (Lipinski definition) is 2. The summed E-state index contributed by atoms with van der Waals surface area (Å²) in [6.07, 6.45) is 6.02. The molecule has 1 aliphatic carbocycles. The van der Waals surface area contributed by atoms with Gasteiger partial charge in [0.15, 0.2) is 0 Å². The van der Waals surface area contributed by atoms with Crippen molar-refractivity contribution in [1.29, 1.82) is 0 Å². The highest BCUT2D eigenvalue weighted by Gasteiger charge is 2.30. The molecule has 0 saturated heterocycles. The molecule has 5 nitrogen and oxygen atoms in total. The molecular weight excluding hydrogens is 361 g/mol. The number of fused-ring (bicyclic) bond motifs is 1. The molecule has 2 aliphatic rings. The van der Waals surface area contributed by atoms with E-state index in [0.29, 0.717) is 16.6 Å². The Hall–Kier alpha value is -2.67. The van der Waals surface area contributed by atoms with E-state index in [1.807, 2.05) is 17.7 Å². The third kappa shape index (κ3) is 2.73. The van der Waals surface area contributed by atoms with Crippen LogP contribution in [0.4, 0.5) is 10.2 Å². The lowest BCUT2D eigenvalue weighted by atomic mass is 10.1. The van der Waals surface area contributed by atoms with E-state index in [1.165, 1.54) is 30.8 Å². The fourth-order valence-electron chi connectivity index (χ4n) is 3.63. The summed E-state index contributed by atoms with van der Waals surface area (Å²) in [4.78, 5) is 14.0. The molecule has 3 aromatic rings. The summed E-state index contributed by atoms with van der Waals surface area (Å²) in [5.41, 5.74) is 11.0. The number of halogens is 1. The molecule has 2 aromatic heterocycles. The third-order valence-electron chi connectivity index (χ3n) is 5.26. The quantitative estimate of drug-likeness (QED) is 0.652. The van der Waals surface area contributed by atoms with Gasteiger partial charge >= 0.3 is 0 Å². The number of nitrogens with two attached hydrogens (primary N) is 1. The van der Waals surface area contributed by atoms with Gasteiger partial charge in [-0.15, -0.1) is 0 Å². The van der Waals surface area contributed by atoms with Gasteiger partial charge in [-0.05, 0) is 48.8 Å². The number of nitrogen functional groups attached to an aromatic ring is 1. The zero-order valence-corrected chi connectivity index (χ0v) is 15.8. The lowest BCUT2D eigenvalue weighted by Crippen LogP contribution is -2.06. The Morgan fingerprint density at radius 1 is 1.26 bits per heavy atom. The van der Waals surface area contributed by atoms with Crippen LogP contribution in [0.1, 0.15) is 37.3 Å². The topological polar surface area (TPSA) is 69.1 Å². The maximum absolute atomic E-state index is 14.1. The predicted molar refractivity (Wildman–Crippen MR) is 109 cm³/mol. The smallest absolute Gasteiger partial charge is 0.146 e. The second-order valence-corrected chi connectivity index (χ2v) is 8.84. The zero-order chi connectivity index (χ0) is 18.5. The SMILES string of the molecule is C[C@@H](C1=C[SH](c2ccccc2F)C=N1)n1cc(C2CC2)c2c(N)ncnc21. The first kappa shape index (κ1) is 16.5. The van der Waals surface area contributed by atoms with Crippen LogP contribution in [0.3, 0.4) is 0 Å². The Morgan fingerprint density at radius 2 is 2.07 bits per heavy atom. The summed E-state index contributed by atoms with van der Waals surface area (Å²) in [5.74, 6) is 0.902. The maximum Gasteiger partial charge on any atom is 0.146 e. The summed E-state index contributed by atoms with van der Waals surface area (Å²) in [6, 6.07) is 6.91. The van der Waals surface area contributed by atoms with Crippen LogP contribution in [-0.2, 0) is 0 Å². The standard InChI is InChI=1S/C20H20FN5S/c1-12(16-9-27(11-25-16)17-5-3-2-4-15(17)21)26-8-14(13-6-7-13)18-19(22)23-10-24-20(18)26/h2-5,8-13,27H,6-7H2,1H3,(H2,22,23,24)/t12-/m0/s1. The van der Waals surface area contributed by atoms with Crippen molar-refractivity contribution in [2.45, 2.75) is 36.6 Å². The molecule has 2 N–H and O–H groups in total. The fourth-order valence-corrected chi connectivity index (χ4v) is 5.36. The first-order valence-corrected chi connectivity index (χ1v) is 10.5. The molecule has 0 spiro atoms. The first-order chi connectivity index (χ1) is 13.1. The number of rotatable bonds is 4. The van der Waals surface area contributed by atoms with Crippen molar-refractivity contribution in [3.8, 4) is 0 Å². The van der Waals surface area contributed by atoms with Gasteiger partial charge in [0, 0.05) is 16.6 Å². The van der Waals surface area contributed by atoms with E-state index in [0.717, 1.165) is 16.7 Å². The van der Waals surface area contributed by atoms with Crippen LogP contribution in [-0.4, -0.2) is 20.1 Å². The lowest BCUT2D eigenvalue weighted by Gasteiger charge is -2.14. The van der Waals surface area contributed by atoms with Crippen molar-refractivity contribution >= 4 is 33.3 Å². The monoisotopic (exact) mass is 381 g/mol. The van der Waals surface area contributed by atoms with Crippen LogP contribution in [0.15, 0.2) is 57.8 Å². The van der Waals surface area contributed by atoms with Gasteiger partial charge in [-0.2, -0.15) is 10.9 Å². The van der Waals surface area contributed by atoms with Crippen LogP contribution in [0.5, 0.6) is 0 Å². The number of aromatic nitrogens is 3. The molecule has 0 amide bonds. The van der Waals surface area contributed by atoms with Crippen LogP contribution in [0, 0.1) is 5.82 Å². The highest BCUT2D eigenvalue weighted by Crippen LogP contribution is 2.47. The summed E-state index contributed by atoms with van der Waals surface area (Å²) in [5, 5.41) is 3.05. The van der Waals surface area contributed by atoms with E-state index in [-0.39, 0.29) is 11.9 Å². The van der Waals surface area contributed by atoms with Gasteiger partial charge in [-0.25, -0.2) is 14.4 Å². The second kappa shape index (κ2) is 6.20. The average Bonchev–Trinajstić information content (AvgIpc) is 3.26. The van der Waals surface area contributed by atoms with E-state index in [9.17, 15) is 4.39 Å². The molecule has 1 unspecified atom stereocenters. The molecule has 5 rings (SSSR count). The first-order valence-electron chi connectivity index (χ1n) is 9.03. The van der Waals surface area contributed by atoms with Gasteiger partial charge in [0.25, 0.3) is 0 Å². The molecule has 0 radical (unpaired) electrons. The Bertz CT molecular complexity index is 1100. The Labute approximate surface area is 159 Å². The van der Waals surface area contributed by atoms with Crippen molar-refractivity contribution < 1.29 is 4.39 Å². The van der Waals surface area contributed by atoms with Crippen molar-refractivity contribution in [2.24, 2.45) is 4.99 Å². The molecule has 1 fully saturated rings. The molecule has 1 aliphatic heterocycles. The van der Waals surface area contributed by atoms with Gasteiger partial charge < -0.3 is 10.3 Å². The van der Waals surface area contributed by atoms with Gasteiger partial charge in [-0.1, -0.05) is 12.1 Å². The minimum Gasteiger partial charge on any atom is -0.383 e. The summed E-state index contributed by atoms with van der Waals surface area (Å²) >= 11 is 0. The number of aliphatic imine (C=N–C) groups is 1. The van der Waals surface area contributed by atoms with Crippen molar-refractivity contribution in [3.63, 3.8) is 0 Å². The minimum absolute atomic E-state index is 0.00942. The van der Waals surface area contributed by atoms with Crippen LogP contribution < -0.4 is 5.73 Å². The van der Waals surface area contributed by atoms with Crippen LogP contribution in [0.25, 0.3) is 11.0 Å². The number of benzene rings is 1. The van der Waals surface area contributed by atoms with Gasteiger partial charge in [0.05, 0.1) is 17.1 Å². The molecule has 3 heterocycles. The van der Waals surface area contributed by atoms with Gasteiger partial charge in [0.2, 0.25) is 0 Å². The number of nitrogens with zero attached hydrogens (tertiary/aromatic N) is 4. The fraction of sp³-hybridized carbons (Fsp3) is 0.250. The van der Waals surface area contributed by atoms with Gasteiger partial charge in [-0.3, -0.25) is 4.99 Å². The lowest BCUT2D eigenvalue weighted by molar-refractivity contribution is 0.602. The van der Waals surface area contributed by atoms with Crippen molar-refractivity contribution in [3.05, 3.63) is 59.3 Å². The molecule has 7 heteroatoms. The average molecular weight is 381 g/mol. The molecule has 1 aromatic carbocycles. The molecule has 0 bridgehead atoms. The van der Waals surface area contributed by atoms with E-state index in [4.69, 9.17) is 5.73 Å². The second-order valence-electron chi connectivity index (χ2n) is 7.06. The van der Waals surface area contributed by atoms with E-state index in [1.54, 1.807) is 6.07 Å². The van der Waals surface area contributed by atoms with Gasteiger partial charge in [0.1, 0.15) is 23.6 Å². The van der Waals surface area contributed by atoms with E-state index >= 15 is 0 Å². The molecule has 138 valence electrons. The molecule has 1 saturated carbocycles. The number of hydrogen-bond acceptors (Lipinski definition) is 4. The molecular formula is C20H20FN5S. The number of thiol groups is 1. The Kier molecular flexibility index (Phi) is 3.79. The highest BCUT2D eigenvalue weighted by molar-refractivity contribution is 8.31. The van der Waals surface area contributed by atoms with Crippen molar-refractivity contribution in [2.75, 3.05) is 5.73 Å². The molecule has 2 atom stereocenters. The van der Waals surface area contributed by atoms with E-state index < -0.39 is 10.9 Å². The Morgan fingerprint density at radius 3 is 2.85 bits per heavy atom.